The van der Waals surface area contributed by atoms with Crippen molar-refractivity contribution in [3.8, 4) is 0 Å². The third-order valence-corrected chi connectivity index (χ3v) is 4.36. The summed E-state index contributed by atoms with van der Waals surface area (Å²) in [7, 11) is 1.78. The molecule has 0 saturated heterocycles. The Morgan fingerprint density at radius 1 is 1.00 bits per heavy atom. The van der Waals surface area contributed by atoms with Gasteiger partial charge in [0.1, 0.15) is 0 Å². The van der Waals surface area contributed by atoms with Crippen molar-refractivity contribution in [3.63, 3.8) is 0 Å². The highest BCUT2D eigenvalue weighted by Crippen LogP contribution is 2.20. The molecule has 1 heterocycles. The van der Waals surface area contributed by atoms with Crippen LogP contribution in [0.15, 0.2) is 60.9 Å². The van der Waals surface area contributed by atoms with Crippen molar-refractivity contribution >= 4 is 17.5 Å². The van der Waals surface area contributed by atoms with Gasteiger partial charge in [0.05, 0.1) is 5.56 Å². The average Bonchev–Trinajstić information content (AvgIpc) is 2.66. The van der Waals surface area contributed by atoms with Gasteiger partial charge in [0.25, 0.3) is 5.91 Å². The van der Waals surface area contributed by atoms with Crippen molar-refractivity contribution in [2.75, 3.05) is 12.4 Å². The van der Waals surface area contributed by atoms with Crippen LogP contribution in [0.5, 0.6) is 0 Å². The van der Waals surface area contributed by atoms with E-state index in [9.17, 15) is 4.79 Å². The third-order valence-electron chi connectivity index (χ3n) is 4.36. The van der Waals surface area contributed by atoms with Crippen LogP contribution in [-0.4, -0.2) is 27.8 Å². The first-order chi connectivity index (χ1) is 12.5. The molecule has 3 rings (SSSR count). The van der Waals surface area contributed by atoms with Crippen LogP contribution in [0.4, 0.5) is 11.6 Å². The van der Waals surface area contributed by atoms with E-state index in [1.165, 1.54) is 5.56 Å². The Morgan fingerprint density at radius 2 is 1.69 bits per heavy atom. The van der Waals surface area contributed by atoms with E-state index in [4.69, 9.17) is 0 Å². The molecule has 0 unspecified atom stereocenters. The Labute approximate surface area is 153 Å². The molecule has 0 spiro atoms. The van der Waals surface area contributed by atoms with E-state index in [-0.39, 0.29) is 5.91 Å². The van der Waals surface area contributed by atoms with Crippen LogP contribution >= 0.6 is 0 Å². The summed E-state index contributed by atoms with van der Waals surface area (Å²) in [5, 5.41) is 3.20. The smallest absolute Gasteiger partial charge is 0.257 e. The fraction of sp³-hybridized carbons (Fsp3) is 0.190. The van der Waals surface area contributed by atoms with E-state index >= 15 is 0 Å². The van der Waals surface area contributed by atoms with E-state index in [2.05, 4.69) is 28.3 Å². The lowest BCUT2D eigenvalue weighted by Gasteiger charge is -2.17. The summed E-state index contributed by atoms with van der Waals surface area (Å²) in [5.74, 6) is 0.369. The fourth-order valence-corrected chi connectivity index (χ4v) is 2.66. The van der Waals surface area contributed by atoms with Crippen molar-refractivity contribution in [2.45, 2.75) is 20.4 Å². The summed E-state index contributed by atoms with van der Waals surface area (Å²) in [6, 6.07) is 15.9. The van der Waals surface area contributed by atoms with Crippen molar-refractivity contribution < 1.29 is 4.79 Å². The molecule has 1 N–H and O–H groups in total. The predicted octanol–water partition coefficient (Wildman–Crippen LogP) is 4.11. The lowest BCUT2D eigenvalue weighted by molar-refractivity contribution is 0.0784. The molecular formula is C21H22N4O. The highest BCUT2D eigenvalue weighted by molar-refractivity contribution is 5.93. The molecule has 0 aliphatic carbocycles. The van der Waals surface area contributed by atoms with Gasteiger partial charge in [-0.3, -0.25) is 4.79 Å². The van der Waals surface area contributed by atoms with Crippen LogP contribution in [0, 0.1) is 13.8 Å². The van der Waals surface area contributed by atoms with Crippen LogP contribution in [0.2, 0.25) is 0 Å². The fourth-order valence-electron chi connectivity index (χ4n) is 2.66. The van der Waals surface area contributed by atoms with Gasteiger partial charge in [-0.05, 0) is 36.6 Å². The molecule has 0 atom stereocenters. The zero-order chi connectivity index (χ0) is 18.5. The van der Waals surface area contributed by atoms with Crippen molar-refractivity contribution in [2.24, 2.45) is 0 Å². The largest absolute Gasteiger partial charge is 0.337 e. The normalized spacial score (nSPS) is 10.4. The minimum Gasteiger partial charge on any atom is -0.337 e. The summed E-state index contributed by atoms with van der Waals surface area (Å²) in [6.07, 6.45) is 3.12. The van der Waals surface area contributed by atoms with Crippen LogP contribution in [0.1, 0.15) is 27.0 Å². The molecule has 3 aromatic rings. The first-order valence-electron chi connectivity index (χ1n) is 8.49. The number of amides is 1. The Morgan fingerprint density at radius 3 is 2.38 bits per heavy atom. The molecule has 5 heteroatoms. The SMILES string of the molecule is Cc1cccc(Nc2ncc(C(=O)N(C)Cc3ccccc3)cn2)c1C. The van der Waals surface area contributed by atoms with E-state index in [0.717, 1.165) is 16.8 Å². The maximum Gasteiger partial charge on any atom is 0.257 e. The van der Waals surface area contributed by atoms with E-state index < -0.39 is 0 Å². The number of carbonyl (C=O) groups excluding carboxylic acids is 1. The van der Waals surface area contributed by atoms with E-state index in [1.807, 2.05) is 49.4 Å². The molecule has 0 saturated carbocycles. The summed E-state index contributed by atoms with van der Waals surface area (Å²) in [5.41, 5.74) is 4.86. The topological polar surface area (TPSA) is 58.1 Å². The van der Waals surface area contributed by atoms with E-state index in [1.54, 1.807) is 24.3 Å². The van der Waals surface area contributed by atoms with Gasteiger partial charge in [0.15, 0.2) is 0 Å². The second-order valence-electron chi connectivity index (χ2n) is 6.31. The number of nitrogens with one attached hydrogen (secondary N) is 1. The van der Waals surface area contributed by atoms with Gasteiger partial charge in [-0.1, -0.05) is 42.5 Å². The van der Waals surface area contributed by atoms with Crippen LogP contribution < -0.4 is 5.32 Å². The molecule has 0 aliphatic heterocycles. The number of anilines is 2. The van der Waals surface area contributed by atoms with Crippen LogP contribution in [0.3, 0.4) is 0 Å². The molecule has 2 aromatic carbocycles. The molecule has 1 amide bonds. The van der Waals surface area contributed by atoms with Crippen LogP contribution in [-0.2, 0) is 6.54 Å². The Balaban J connectivity index is 1.68. The van der Waals surface area contributed by atoms with Gasteiger partial charge in [-0.25, -0.2) is 9.97 Å². The minimum atomic E-state index is -0.105. The molecule has 26 heavy (non-hydrogen) atoms. The lowest BCUT2D eigenvalue weighted by atomic mass is 10.1. The quantitative estimate of drug-likeness (QED) is 0.755. The number of hydrogen-bond acceptors (Lipinski definition) is 4. The number of benzene rings is 2. The molecule has 1 aromatic heterocycles. The summed E-state index contributed by atoms with van der Waals surface area (Å²) >= 11 is 0. The average molecular weight is 346 g/mol. The van der Waals surface area contributed by atoms with Gasteiger partial charge in [-0.15, -0.1) is 0 Å². The number of aryl methyl sites for hydroxylation is 1. The summed E-state index contributed by atoms with van der Waals surface area (Å²) < 4.78 is 0. The first kappa shape index (κ1) is 17.6. The highest BCUT2D eigenvalue weighted by atomic mass is 16.2. The Kier molecular flexibility index (Phi) is 5.27. The third kappa shape index (κ3) is 4.06. The number of rotatable bonds is 5. The maximum absolute atomic E-state index is 12.5. The number of carbonyl (C=O) groups is 1. The standard InChI is InChI=1S/C21H22N4O/c1-15-8-7-11-19(16(15)2)24-21-22-12-18(13-23-21)20(26)25(3)14-17-9-5-4-6-10-17/h4-13H,14H2,1-3H3,(H,22,23,24). The van der Waals surface area contributed by atoms with Crippen molar-refractivity contribution in [1.29, 1.82) is 0 Å². The second kappa shape index (κ2) is 7.78. The van der Waals surface area contributed by atoms with Gasteiger partial charge in [-0.2, -0.15) is 0 Å². The summed E-state index contributed by atoms with van der Waals surface area (Å²) in [4.78, 5) is 22.8. The van der Waals surface area contributed by atoms with Crippen molar-refractivity contribution in [3.05, 3.63) is 83.2 Å². The Bertz CT molecular complexity index is 892. The number of aromatic nitrogens is 2. The van der Waals surface area contributed by atoms with Gasteiger partial charge in [0.2, 0.25) is 5.95 Å². The lowest BCUT2D eigenvalue weighted by Crippen LogP contribution is -2.26. The van der Waals surface area contributed by atoms with Crippen LogP contribution in [0.25, 0.3) is 0 Å². The van der Waals surface area contributed by atoms with Crippen molar-refractivity contribution in [1.82, 2.24) is 14.9 Å². The molecule has 132 valence electrons. The monoisotopic (exact) mass is 346 g/mol. The zero-order valence-corrected chi connectivity index (χ0v) is 15.2. The zero-order valence-electron chi connectivity index (χ0n) is 15.2. The van der Waals surface area contributed by atoms with Gasteiger partial charge in [0, 0.05) is 31.7 Å². The van der Waals surface area contributed by atoms with E-state index in [0.29, 0.717) is 18.1 Å². The second-order valence-corrected chi connectivity index (χ2v) is 6.31. The molecular weight excluding hydrogens is 324 g/mol. The molecule has 5 nitrogen and oxygen atoms in total. The minimum absolute atomic E-state index is 0.105. The molecule has 0 fully saturated rings. The number of hydrogen-bond donors (Lipinski definition) is 1. The highest BCUT2D eigenvalue weighted by Gasteiger charge is 2.13. The molecule has 0 aliphatic rings. The maximum atomic E-state index is 12.5. The predicted molar refractivity (Wildman–Crippen MR) is 103 cm³/mol. The number of nitrogens with zero attached hydrogens (tertiary/aromatic N) is 3. The molecule has 0 bridgehead atoms. The van der Waals surface area contributed by atoms with Gasteiger partial charge >= 0.3 is 0 Å². The van der Waals surface area contributed by atoms with Gasteiger partial charge < -0.3 is 10.2 Å². The Hall–Kier alpha value is -3.21. The molecule has 0 radical (unpaired) electrons. The first-order valence-corrected chi connectivity index (χ1v) is 8.49. The summed E-state index contributed by atoms with van der Waals surface area (Å²) in [6.45, 7) is 4.65.